The summed E-state index contributed by atoms with van der Waals surface area (Å²) in [4.78, 5) is 172. The number of aliphatic hydroxyl groups is 2. The number of thioether (sulfide) groups is 1. The maximum atomic E-state index is 15.4. The van der Waals surface area contributed by atoms with Gasteiger partial charge < -0.3 is 71.1 Å². The van der Waals surface area contributed by atoms with E-state index in [4.69, 9.17) is 0 Å². The maximum absolute atomic E-state index is 15.4. The van der Waals surface area contributed by atoms with Crippen LogP contribution in [0.1, 0.15) is 170 Å². The molecule has 1 saturated heterocycles. The van der Waals surface area contributed by atoms with Gasteiger partial charge in [-0.2, -0.15) is 11.8 Å². The van der Waals surface area contributed by atoms with Crippen LogP contribution in [0.15, 0.2) is 12.2 Å². The summed E-state index contributed by atoms with van der Waals surface area (Å²) < 4.78 is 0. The van der Waals surface area contributed by atoms with Crippen LogP contribution in [0.2, 0.25) is 0 Å². The molecule has 13 atom stereocenters. The van der Waals surface area contributed by atoms with Crippen LogP contribution in [0, 0.1) is 35.5 Å². The van der Waals surface area contributed by atoms with Crippen molar-refractivity contribution in [2.24, 2.45) is 35.5 Å². The highest BCUT2D eigenvalue weighted by Crippen LogP contribution is 2.27. The average Bonchev–Trinajstić information content (AvgIpc) is 0.810. The van der Waals surface area contributed by atoms with Crippen LogP contribution in [0.25, 0.3) is 0 Å². The van der Waals surface area contributed by atoms with E-state index < -0.39 is 161 Å². The van der Waals surface area contributed by atoms with Crippen molar-refractivity contribution in [2.75, 3.05) is 67.4 Å². The summed E-state index contributed by atoms with van der Waals surface area (Å²) in [6.07, 6.45) is 2.35. The Morgan fingerprint density at radius 2 is 0.947 bits per heavy atom. The number of aliphatic hydroxyl groups excluding tert-OH is 1. The smallest absolute Gasteiger partial charge is 0.246 e. The number of nitrogens with zero attached hydrogens (tertiary/aromatic N) is 7. The number of amides is 11. The molecule has 0 aromatic carbocycles. The number of carbonyl (C=O) groups is 11. The van der Waals surface area contributed by atoms with Crippen molar-refractivity contribution in [1.82, 2.24) is 60.9 Å². The Hall–Kier alpha value is -5.86. The minimum absolute atomic E-state index is 0.00246. The Kier molecular flexibility index (Phi) is 36.1. The lowest BCUT2D eigenvalue weighted by molar-refractivity contribution is -0.157. The van der Waals surface area contributed by atoms with E-state index in [-0.39, 0.29) is 68.1 Å². The second-order valence-corrected chi connectivity index (χ2v) is 30.0. The molecule has 0 aliphatic carbocycles. The van der Waals surface area contributed by atoms with E-state index in [9.17, 15) is 34.2 Å². The number of rotatable bonds is 21. The van der Waals surface area contributed by atoms with Crippen LogP contribution < -0.4 is 26.6 Å². The van der Waals surface area contributed by atoms with Crippen LogP contribution in [-0.4, -0.2) is 261 Å². The molecule has 1 aliphatic rings. The van der Waals surface area contributed by atoms with Gasteiger partial charge in [0, 0.05) is 79.8 Å². The highest BCUT2D eigenvalue weighted by atomic mass is 32.2. The van der Waals surface area contributed by atoms with E-state index in [1.54, 1.807) is 60.6 Å². The largest absolute Gasteiger partial charge is 0.390 e. The van der Waals surface area contributed by atoms with Crippen LogP contribution in [-0.2, 0) is 52.7 Å². The third-order valence-electron chi connectivity index (χ3n) is 17.5. The van der Waals surface area contributed by atoms with Gasteiger partial charge in [0.2, 0.25) is 65.0 Å². The molecule has 0 aromatic heterocycles. The Labute approximate surface area is 567 Å². The van der Waals surface area contributed by atoms with Gasteiger partial charge in [0.1, 0.15) is 66.5 Å². The second kappa shape index (κ2) is 39.4. The predicted molar refractivity (Wildman–Crippen MR) is 369 cm³/mol. The predicted octanol–water partition coefficient (Wildman–Crippen LogP) is 3.48. The van der Waals surface area contributed by atoms with E-state index >= 15 is 28.8 Å². The molecule has 1 rings (SSSR count). The molecular weight excluding hydrogens is 1220 g/mol. The number of likely N-dealkylation sites (N-methyl/N-ethyl adjacent to an activating group) is 7. The van der Waals surface area contributed by atoms with Gasteiger partial charge in [-0.15, -0.1) is 0 Å². The first-order valence-corrected chi connectivity index (χ1v) is 34.9. The third-order valence-corrected chi connectivity index (χ3v) is 18.5. The normalized spacial score (nSPS) is 26.5. The summed E-state index contributed by atoms with van der Waals surface area (Å²) in [7, 11) is 9.85. The lowest BCUT2D eigenvalue weighted by Gasteiger charge is -2.41. The van der Waals surface area contributed by atoms with E-state index in [0.29, 0.717) is 12.3 Å². The molecule has 1 aliphatic heterocycles. The van der Waals surface area contributed by atoms with Crippen molar-refractivity contribution in [3.05, 3.63) is 12.2 Å². The fraction of sp³-hybridized carbons (Fsp3) is 0.809. The summed E-state index contributed by atoms with van der Waals surface area (Å²) in [5.41, 5.74) is -1.59. The van der Waals surface area contributed by atoms with Crippen LogP contribution in [0.5, 0.6) is 0 Å². The van der Waals surface area contributed by atoms with E-state index in [1.165, 1.54) is 113 Å². The average molecular weight is 1350 g/mol. The van der Waals surface area contributed by atoms with Gasteiger partial charge >= 0.3 is 0 Å². The Bertz CT molecular complexity index is 2560. The fourth-order valence-electron chi connectivity index (χ4n) is 11.6. The molecule has 0 radical (unpaired) electrons. The van der Waals surface area contributed by atoms with Crippen molar-refractivity contribution < 1.29 is 63.0 Å². The standard InChI is InChI=1S/C68H124N12O13S/c1-27-29-30-44(15)56(81)55-60(85)72-47(28-2)62(87)78(24)52(37-94-32-31-69-43(13)14)65(90)77(23)51(36-68(18,19)93)59(84)73-53(41(9)10)66(91)74(20)48(33-38(3)4)58(83)70-45(16)57(82)71-46(17)61(86)75(21)49(34-39(5)6)63(88)76(22)50(35-40(7)8)64(89)79(25)54(42(11)12)67(92)80(55)26/h27,29,38-56,69,81,93H,28,30-37H2,1-26H3,(H,70,83)(H,71,82)(H,72,85)(H,73,84)/b29-27+/t44-,45+,46-,47+,48+,49+,50+,51+,52-,53+,54+,55+,56-/m1/s1. The Morgan fingerprint density at radius 1 is 0.511 bits per heavy atom. The first-order chi connectivity index (χ1) is 43.3. The molecular formula is C68H124N12O13S. The molecule has 7 N–H and O–H groups in total. The molecule has 0 spiro atoms. The van der Waals surface area contributed by atoms with E-state index in [1.807, 2.05) is 55.4 Å². The molecule has 94 heavy (non-hydrogen) atoms. The summed E-state index contributed by atoms with van der Waals surface area (Å²) in [5, 5.41) is 38.1. The molecule has 1 heterocycles. The minimum Gasteiger partial charge on any atom is -0.390 e. The summed E-state index contributed by atoms with van der Waals surface area (Å²) in [5.74, 6) is -9.80. The highest BCUT2D eigenvalue weighted by Gasteiger charge is 2.47. The number of hydrogen-bond donors (Lipinski definition) is 7. The molecule has 1 fully saturated rings. The van der Waals surface area contributed by atoms with Gasteiger partial charge in [0.15, 0.2) is 0 Å². The number of hydrogen-bond acceptors (Lipinski definition) is 15. The van der Waals surface area contributed by atoms with Crippen molar-refractivity contribution in [3.8, 4) is 0 Å². The van der Waals surface area contributed by atoms with Gasteiger partial charge in [0.25, 0.3) is 0 Å². The third kappa shape index (κ3) is 25.3. The first-order valence-electron chi connectivity index (χ1n) is 33.7. The Balaban J connectivity index is 4.57. The number of allylic oxidation sites excluding steroid dienone is 2. The number of carbonyl (C=O) groups excluding carboxylic acids is 11. The van der Waals surface area contributed by atoms with Gasteiger partial charge in [-0.1, -0.05) is 109 Å². The summed E-state index contributed by atoms with van der Waals surface area (Å²) >= 11 is 1.36. The van der Waals surface area contributed by atoms with Gasteiger partial charge in [-0.05, 0) is 102 Å². The second-order valence-electron chi connectivity index (χ2n) is 28.9. The SMILES string of the molecule is C/C=C/C[C@@H](C)[C@@H](O)[C@H]1C(=O)N[C@@H](CC)C(=O)N(C)[C@H](CSCCNC(C)C)C(=O)N(C)[C@@H](CC(C)(C)O)C(=O)N[C@@H](C(C)C)C(=O)N(C)[C@@H](CC(C)C)C(=O)N[C@@H](C)C(=O)N[C@H](C)C(=O)N(C)[C@@H](CC(C)C)C(=O)N(C)[C@@H](CC(C)C)C(=O)N(C)[C@@H](C(C)C)C(=O)N1C. The van der Waals surface area contributed by atoms with Crippen molar-refractivity contribution >= 4 is 76.7 Å². The zero-order valence-corrected chi connectivity index (χ0v) is 62.7. The molecule has 0 aromatic rings. The van der Waals surface area contributed by atoms with Crippen LogP contribution in [0.3, 0.4) is 0 Å². The zero-order valence-electron chi connectivity index (χ0n) is 61.9. The highest BCUT2D eigenvalue weighted by molar-refractivity contribution is 7.99. The maximum Gasteiger partial charge on any atom is 0.246 e. The molecule has 0 unspecified atom stereocenters. The molecule has 25 nitrogen and oxygen atoms in total. The number of nitrogens with one attached hydrogen (secondary N) is 5. The molecule has 540 valence electrons. The van der Waals surface area contributed by atoms with Crippen LogP contribution in [0.4, 0.5) is 0 Å². The van der Waals surface area contributed by atoms with E-state index in [2.05, 4.69) is 26.6 Å². The molecule has 0 saturated carbocycles. The monoisotopic (exact) mass is 1350 g/mol. The molecule has 11 amide bonds. The Morgan fingerprint density at radius 3 is 1.41 bits per heavy atom. The fourth-order valence-corrected chi connectivity index (χ4v) is 12.6. The van der Waals surface area contributed by atoms with Gasteiger partial charge in [-0.25, -0.2) is 0 Å². The van der Waals surface area contributed by atoms with Crippen molar-refractivity contribution in [3.63, 3.8) is 0 Å². The molecule has 0 bridgehead atoms. The topological polar surface area (TPSA) is 311 Å². The van der Waals surface area contributed by atoms with Crippen molar-refractivity contribution in [2.45, 2.75) is 254 Å². The van der Waals surface area contributed by atoms with Gasteiger partial charge in [0.05, 0.1) is 11.7 Å². The van der Waals surface area contributed by atoms with Gasteiger partial charge in [-0.3, -0.25) is 52.7 Å². The lowest BCUT2D eigenvalue weighted by atomic mass is 9.91. The summed E-state index contributed by atoms with van der Waals surface area (Å²) in [6, 6.07) is -14.3. The van der Waals surface area contributed by atoms with Crippen LogP contribution >= 0.6 is 11.8 Å². The summed E-state index contributed by atoms with van der Waals surface area (Å²) in [6.45, 7) is 33.4. The quantitative estimate of drug-likeness (QED) is 0.0639. The first kappa shape index (κ1) is 86.2. The lowest BCUT2D eigenvalue weighted by Crippen LogP contribution is -2.64. The molecule has 26 heteroatoms. The van der Waals surface area contributed by atoms with E-state index in [0.717, 1.165) is 9.80 Å². The minimum atomic E-state index is -1.66. The zero-order chi connectivity index (χ0) is 72.9. The van der Waals surface area contributed by atoms with Crippen molar-refractivity contribution in [1.29, 1.82) is 0 Å².